The van der Waals surface area contributed by atoms with Gasteiger partial charge < -0.3 is 15.0 Å². The van der Waals surface area contributed by atoms with E-state index in [-0.39, 0.29) is 5.97 Å². The van der Waals surface area contributed by atoms with Gasteiger partial charge in [0.05, 0.1) is 7.11 Å². The minimum atomic E-state index is -0.409. The van der Waals surface area contributed by atoms with E-state index in [0.717, 1.165) is 63.2 Å². The summed E-state index contributed by atoms with van der Waals surface area (Å²) < 4.78 is 5.03. The number of benzene rings is 1. The lowest BCUT2D eigenvalue weighted by Gasteiger charge is -2.22. The second-order valence-electron chi connectivity index (χ2n) is 8.26. The lowest BCUT2D eigenvalue weighted by atomic mass is 10.1. The van der Waals surface area contributed by atoms with Crippen LogP contribution >= 0.6 is 0 Å². The second-order valence-corrected chi connectivity index (χ2v) is 8.26. The van der Waals surface area contributed by atoms with Crippen molar-refractivity contribution in [2.75, 3.05) is 38.6 Å². The highest BCUT2D eigenvalue weighted by atomic mass is 16.5. The van der Waals surface area contributed by atoms with Gasteiger partial charge in [0.1, 0.15) is 11.9 Å². The molecule has 3 heterocycles. The highest BCUT2D eigenvalue weighted by Gasteiger charge is 2.29. The van der Waals surface area contributed by atoms with Gasteiger partial charge in [-0.15, -0.1) is 0 Å². The number of carbonyl (C=O) groups excluding carboxylic acids is 1. The maximum absolute atomic E-state index is 12.3. The fourth-order valence-electron chi connectivity index (χ4n) is 4.46. The van der Waals surface area contributed by atoms with Gasteiger partial charge in [-0.3, -0.25) is 5.32 Å². The number of pyridine rings is 1. The number of nitrogens with one attached hydrogen (secondary N) is 2. The Morgan fingerprint density at radius 2 is 2.17 bits per heavy atom. The molecule has 1 aromatic heterocycles. The van der Waals surface area contributed by atoms with E-state index in [1.54, 1.807) is 0 Å². The van der Waals surface area contributed by atoms with Gasteiger partial charge in [-0.2, -0.15) is 0 Å². The van der Waals surface area contributed by atoms with E-state index in [1.165, 1.54) is 24.8 Å². The predicted molar refractivity (Wildman–Crippen MR) is 119 cm³/mol. The lowest BCUT2D eigenvalue weighted by molar-refractivity contribution is -0.143. The molecule has 1 unspecified atom stereocenters. The summed E-state index contributed by atoms with van der Waals surface area (Å²) >= 11 is 0. The molecule has 2 N–H and O–H groups in total. The largest absolute Gasteiger partial charge is 0.468 e. The molecular formula is C24H32N4O2. The summed E-state index contributed by atoms with van der Waals surface area (Å²) in [5.74, 6) is 0.852. The Kier molecular flexibility index (Phi) is 6.97. The van der Waals surface area contributed by atoms with Crippen molar-refractivity contribution < 1.29 is 9.53 Å². The van der Waals surface area contributed by atoms with Crippen LogP contribution in [0.2, 0.25) is 0 Å². The minimum absolute atomic E-state index is 0.230. The lowest BCUT2D eigenvalue weighted by Crippen LogP contribution is -2.39. The summed E-state index contributed by atoms with van der Waals surface area (Å²) in [6.07, 6.45) is 5.46. The average molecular weight is 409 g/mol. The van der Waals surface area contributed by atoms with Crippen molar-refractivity contribution in [2.45, 2.75) is 44.2 Å². The van der Waals surface area contributed by atoms with Gasteiger partial charge in [0.2, 0.25) is 0 Å². The maximum Gasteiger partial charge on any atom is 0.327 e. The molecule has 6 heteroatoms. The molecule has 0 amide bonds. The van der Waals surface area contributed by atoms with Gasteiger partial charge in [-0.05, 0) is 62.4 Å². The molecule has 0 spiro atoms. The van der Waals surface area contributed by atoms with E-state index < -0.39 is 6.04 Å². The molecule has 6 nitrogen and oxygen atoms in total. The monoisotopic (exact) mass is 408 g/mol. The molecule has 2 aliphatic rings. The van der Waals surface area contributed by atoms with Crippen LogP contribution < -0.4 is 10.6 Å². The number of hydrogen-bond acceptors (Lipinski definition) is 6. The number of methoxy groups -OCH3 is 1. The number of esters is 1. The van der Waals surface area contributed by atoms with E-state index in [4.69, 9.17) is 9.72 Å². The van der Waals surface area contributed by atoms with Crippen molar-refractivity contribution in [1.29, 1.82) is 0 Å². The molecule has 0 aliphatic carbocycles. The maximum atomic E-state index is 12.3. The molecule has 1 saturated heterocycles. The van der Waals surface area contributed by atoms with E-state index in [1.807, 2.05) is 30.3 Å². The van der Waals surface area contributed by atoms with E-state index in [2.05, 4.69) is 27.7 Å². The number of carbonyl (C=O) groups is 1. The zero-order valence-electron chi connectivity index (χ0n) is 17.8. The van der Waals surface area contributed by atoms with Gasteiger partial charge in [0.15, 0.2) is 0 Å². The number of rotatable bonds is 8. The molecule has 0 bridgehead atoms. The van der Waals surface area contributed by atoms with E-state index >= 15 is 0 Å². The quantitative estimate of drug-likeness (QED) is 0.655. The van der Waals surface area contributed by atoms with Crippen LogP contribution in [-0.4, -0.2) is 55.2 Å². The number of anilines is 1. The first kappa shape index (κ1) is 20.8. The fraction of sp³-hybridized carbons (Fsp3) is 0.500. The normalized spacial score (nSPS) is 19.7. The minimum Gasteiger partial charge on any atom is -0.468 e. The summed E-state index contributed by atoms with van der Waals surface area (Å²) in [5, 5.41) is 6.94. The Morgan fingerprint density at radius 3 is 3.00 bits per heavy atom. The second kappa shape index (κ2) is 10.0. The van der Waals surface area contributed by atoms with Crippen LogP contribution in [0.3, 0.4) is 0 Å². The summed E-state index contributed by atoms with van der Waals surface area (Å²) in [5.41, 5.74) is 3.47. The van der Waals surface area contributed by atoms with Gasteiger partial charge >= 0.3 is 5.97 Å². The van der Waals surface area contributed by atoms with Crippen LogP contribution in [0.25, 0.3) is 0 Å². The fourth-order valence-corrected chi connectivity index (χ4v) is 4.46. The van der Waals surface area contributed by atoms with Crippen LogP contribution in [0.1, 0.15) is 42.1 Å². The Morgan fingerprint density at radius 1 is 1.30 bits per heavy atom. The molecule has 2 aliphatic heterocycles. The first-order valence-electron chi connectivity index (χ1n) is 11.1. The highest BCUT2D eigenvalue weighted by molar-refractivity contribution is 5.77. The first-order chi connectivity index (χ1) is 14.7. The van der Waals surface area contributed by atoms with E-state index in [0.29, 0.717) is 6.04 Å². The van der Waals surface area contributed by atoms with Crippen LogP contribution in [0.15, 0.2) is 42.5 Å². The van der Waals surface area contributed by atoms with Crippen LogP contribution in [-0.2, 0) is 22.4 Å². The molecule has 0 radical (unpaired) electrons. The third-order valence-corrected chi connectivity index (χ3v) is 6.10. The molecule has 4 rings (SSSR count). The Hall–Kier alpha value is -2.44. The number of hydrogen-bond donors (Lipinski definition) is 2. The van der Waals surface area contributed by atoms with Crippen molar-refractivity contribution >= 4 is 11.8 Å². The molecule has 2 atom stereocenters. The standard InChI is InChI=1S/C24H32N4O2/c1-30-24(29)22(18-7-3-2-4-8-18)26-21-13-16-28(17-21)15-6-10-20-12-11-19-9-5-14-25-23(19)27-20/h2-4,7-8,11-12,21-22,26H,5-6,9-10,13-17H2,1H3,(H,25,27)/t21?,22-/m1/s1. The molecule has 1 fully saturated rings. The third-order valence-electron chi connectivity index (χ3n) is 6.10. The summed E-state index contributed by atoms with van der Waals surface area (Å²) in [7, 11) is 1.45. The van der Waals surface area contributed by atoms with Crippen molar-refractivity contribution in [3.63, 3.8) is 0 Å². The summed E-state index contributed by atoms with van der Waals surface area (Å²) in [6.45, 7) is 4.10. The highest BCUT2D eigenvalue weighted by Crippen LogP contribution is 2.21. The van der Waals surface area contributed by atoms with Crippen molar-refractivity contribution in [2.24, 2.45) is 0 Å². The third kappa shape index (κ3) is 5.18. The summed E-state index contributed by atoms with van der Waals surface area (Å²) in [6, 6.07) is 14.1. The van der Waals surface area contributed by atoms with Crippen molar-refractivity contribution in [3.8, 4) is 0 Å². The molecule has 0 saturated carbocycles. The van der Waals surface area contributed by atoms with Gasteiger partial charge in [0, 0.05) is 24.8 Å². The van der Waals surface area contributed by atoms with E-state index in [9.17, 15) is 4.79 Å². The number of aryl methyl sites for hydroxylation is 2. The van der Waals surface area contributed by atoms with Crippen molar-refractivity contribution in [3.05, 3.63) is 59.3 Å². The predicted octanol–water partition coefficient (Wildman–Crippen LogP) is 2.95. The van der Waals surface area contributed by atoms with Gasteiger partial charge in [-0.25, -0.2) is 9.78 Å². The SMILES string of the molecule is COC(=O)[C@H](NC1CCN(CCCc2ccc3c(n2)NCCC3)C1)c1ccccc1. The topological polar surface area (TPSA) is 66.5 Å². The number of ether oxygens (including phenoxy) is 1. The first-order valence-corrected chi connectivity index (χ1v) is 11.1. The molecule has 2 aromatic rings. The molecular weight excluding hydrogens is 376 g/mol. The smallest absolute Gasteiger partial charge is 0.327 e. The zero-order chi connectivity index (χ0) is 20.8. The molecule has 30 heavy (non-hydrogen) atoms. The Balaban J connectivity index is 1.25. The van der Waals surface area contributed by atoms with Gasteiger partial charge in [0.25, 0.3) is 0 Å². The molecule has 1 aromatic carbocycles. The Labute approximate surface area is 179 Å². The van der Waals surface area contributed by atoms with Crippen LogP contribution in [0, 0.1) is 0 Å². The van der Waals surface area contributed by atoms with Crippen LogP contribution in [0.5, 0.6) is 0 Å². The summed E-state index contributed by atoms with van der Waals surface area (Å²) in [4.78, 5) is 19.6. The number of fused-ring (bicyclic) bond motifs is 1. The molecule has 160 valence electrons. The van der Waals surface area contributed by atoms with Crippen LogP contribution in [0.4, 0.5) is 5.82 Å². The Bertz CT molecular complexity index is 842. The average Bonchev–Trinajstić information content (AvgIpc) is 3.25. The number of aromatic nitrogens is 1. The van der Waals surface area contributed by atoms with Crippen molar-refractivity contribution in [1.82, 2.24) is 15.2 Å². The van der Waals surface area contributed by atoms with Gasteiger partial charge in [-0.1, -0.05) is 36.4 Å². The zero-order valence-corrected chi connectivity index (χ0v) is 17.8. The number of likely N-dealkylation sites (tertiary alicyclic amines) is 1. The number of nitrogens with zero attached hydrogens (tertiary/aromatic N) is 2.